The van der Waals surface area contributed by atoms with Gasteiger partial charge in [-0.1, -0.05) is 70.9 Å². The van der Waals surface area contributed by atoms with E-state index in [1.54, 1.807) is 51.1 Å². The van der Waals surface area contributed by atoms with Crippen LogP contribution in [0.4, 0.5) is 0 Å². The number of rotatable bonds is 41. The fourth-order valence-corrected chi connectivity index (χ4v) is 7.90. The Morgan fingerprint density at radius 3 is 1.31 bits per heavy atom. The zero-order valence-corrected chi connectivity index (χ0v) is 47.1. The quantitative estimate of drug-likeness (QED) is 0.0276. The van der Waals surface area contributed by atoms with Crippen LogP contribution < -0.4 is 65.1 Å². The lowest BCUT2D eigenvalue weighted by atomic mass is 9.95. The first kappa shape index (κ1) is 72.7. The number of aliphatic carboxylic acids is 4. The topological polar surface area (TPSA) is 526 Å². The van der Waals surface area contributed by atoms with Crippen LogP contribution in [0.25, 0.3) is 0 Å². The van der Waals surface area contributed by atoms with E-state index in [4.69, 9.17) is 17.2 Å². The van der Waals surface area contributed by atoms with E-state index in [1.807, 2.05) is 0 Å². The van der Waals surface area contributed by atoms with Crippen LogP contribution in [0.15, 0.2) is 30.3 Å². The molecule has 1 aromatic rings. The van der Waals surface area contributed by atoms with Crippen LogP contribution >= 0.6 is 0 Å². The summed E-state index contributed by atoms with van der Waals surface area (Å²) in [4.78, 5) is 181. The van der Waals surface area contributed by atoms with Gasteiger partial charge in [-0.05, 0) is 69.4 Å². The zero-order chi connectivity index (χ0) is 63.1. The van der Waals surface area contributed by atoms with Gasteiger partial charge in [0.15, 0.2) is 0 Å². The highest BCUT2D eigenvalue weighted by Gasteiger charge is 2.38. The van der Waals surface area contributed by atoms with Gasteiger partial charge in [0, 0.05) is 25.7 Å². The van der Waals surface area contributed by atoms with Gasteiger partial charge in [0.25, 0.3) is 0 Å². The Bertz CT molecular complexity index is 2410. The third-order valence-electron chi connectivity index (χ3n) is 13.2. The summed E-state index contributed by atoms with van der Waals surface area (Å²) in [5, 5.41) is 70.2. The predicted octanol–water partition coefficient (Wildman–Crippen LogP) is -4.29. The first-order valence-electron chi connectivity index (χ1n) is 27.0. The first-order valence-corrected chi connectivity index (χ1v) is 27.0. The molecule has 12 atom stereocenters. The number of hydrogen-bond acceptors (Lipinski definition) is 17. The second kappa shape index (κ2) is 37.6. The van der Waals surface area contributed by atoms with Gasteiger partial charge < -0.3 is 90.6 Å². The largest absolute Gasteiger partial charge is 0.481 e. The molecule has 0 bridgehead atoms. The van der Waals surface area contributed by atoms with Crippen molar-refractivity contribution in [2.75, 3.05) is 13.1 Å². The fourth-order valence-electron chi connectivity index (χ4n) is 7.90. The normalized spacial score (nSPS) is 15.3. The van der Waals surface area contributed by atoms with E-state index < -0.39 is 207 Å². The Hall–Kier alpha value is -8.32. The van der Waals surface area contributed by atoms with Crippen molar-refractivity contribution >= 4 is 82.9 Å². The van der Waals surface area contributed by atoms with Gasteiger partial charge >= 0.3 is 23.9 Å². The van der Waals surface area contributed by atoms with E-state index in [0.29, 0.717) is 18.4 Å². The standard InChI is InChI=1S/C52H82N12O19/c1-6-26(3)41(63-48(78)35(23-29-13-9-8-10-14-29)61-45(75)31(16-19-38(68)69)57-37(67)25-56-44(74)30(54)24-36(55)66)49(79)58-33(18-21-40(72)73)47(77)62-42(27(4)7-2)50(80)64-43(28(5)65)51(81)59-32(17-20-39(70)71)46(76)60-34(52(82)83)15-11-12-22-53/h8-10,13-14,26-28,30-35,41-43,65H,6-7,11-12,15-25,53-54H2,1-5H3,(H2,55,66)(H,56,74)(H,57,67)(H,58,79)(H,59,81)(H,60,76)(H,61,75)(H,62,77)(H,63,78)(H,64,80)(H,68,69)(H,70,71)(H,72,73)(H,82,83)/t26-,27-,28+,30-,31-,32-,33-,34-,35-,41-,42-,43-/m0/s1. The van der Waals surface area contributed by atoms with Crippen molar-refractivity contribution in [1.29, 1.82) is 0 Å². The van der Waals surface area contributed by atoms with Gasteiger partial charge in [-0.2, -0.15) is 0 Å². The Labute approximate surface area is 478 Å². The molecule has 83 heavy (non-hydrogen) atoms. The van der Waals surface area contributed by atoms with Crippen molar-refractivity contribution in [3.63, 3.8) is 0 Å². The van der Waals surface area contributed by atoms with Crippen LogP contribution in [0.3, 0.4) is 0 Å². The van der Waals surface area contributed by atoms with E-state index in [1.165, 1.54) is 6.92 Å². The number of carboxylic acid groups (broad SMARTS) is 4. The third-order valence-corrected chi connectivity index (χ3v) is 13.2. The highest BCUT2D eigenvalue weighted by Crippen LogP contribution is 2.15. The molecule has 0 saturated carbocycles. The number of carbonyl (C=O) groups excluding carboxylic acids is 10. The molecule has 464 valence electrons. The lowest BCUT2D eigenvalue weighted by molar-refractivity contribution is -0.143. The van der Waals surface area contributed by atoms with E-state index in [0.717, 1.165) is 6.92 Å². The van der Waals surface area contributed by atoms with Gasteiger partial charge in [-0.25, -0.2) is 4.79 Å². The number of amides is 10. The highest BCUT2D eigenvalue weighted by atomic mass is 16.4. The Morgan fingerprint density at radius 2 is 0.892 bits per heavy atom. The van der Waals surface area contributed by atoms with Crippen LogP contribution in [0.1, 0.15) is 117 Å². The smallest absolute Gasteiger partial charge is 0.326 e. The van der Waals surface area contributed by atoms with E-state index in [2.05, 4.69) is 47.9 Å². The maximum atomic E-state index is 14.4. The van der Waals surface area contributed by atoms with Crippen LogP contribution in [-0.2, 0) is 73.5 Å². The molecule has 0 aliphatic carbocycles. The molecule has 20 N–H and O–H groups in total. The molecular formula is C52H82N12O19. The van der Waals surface area contributed by atoms with Crippen molar-refractivity contribution in [2.45, 2.75) is 179 Å². The number of nitrogens with two attached hydrogens (primary N) is 3. The van der Waals surface area contributed by atoms with Gasteiger partial charge in [0.05, 0.1) is 25.1 Å². The summed E-state index contributed by atoms with van der Waals surface area (Å²) in [6, 6.07) is -6.34. The number of carbonyl (C=O) groups is 14. The SMILES string of the molecule is CC[C@H](C)[C@H](NC(=O)[C@H](Cc1ccccc1)NC(=O)[C@H](CCC(=O)O)NC(=O)CNC(=O)[C@@H](N)CC(N)=O)C(=O)N[C@@H](CCC(=O)O)C(=O)N[C@H](C(=O)N[C@H](C(=O)N[C@@H](CCC(=O)O)C(=O)N[C@@H](CCCCN)C(=O)O)[C@@H](C)O)[C@@H](C)CC. The molecule has 0 aromatic heterocycles. The molecule has 31 heteroatoms. The molecule has 0 fully saturated rings. The van der Waals surface area contributed by atoms with Crippen molar-refractivity contribution in [2.24, 2.45) is 29.0 Å². The molecule has 0 spiro atoms. The van der Waals surface area contributed by atoms with E-state index in [9.17, 15) is 92.7 Å². The number of nitrogens with one attached hydrogen (secondary N) is 9. The van der Waals surface area contributed by atoms with E-state index in [-0.39, 0.29) is 32.2 Å². The molecule has 0 heterocycles. The summed E-state index contributed by atoms with van der Waals surface area (Å²) in [7, 11) is 0. The maximum Gasteiger partial charge on any atom is 0.326 e. The molecule has 0 radical (unpaired) electrons. The number of unbranched alkanes of at least 4 members (excludes halogenated alkanes) is 1. The molecule has 0 aliphatic rings. The molecule has 0 unspecified atom stereocenters. The van der Waals surface area contributed by atoms with Gasteiger partial charge in [-0.3, -0.25) is 62.3 Å². The monoisotopic (exact) mass is 1180 g/mol. The average molecular weight is 1180 g/mol. The minimum absolute atomic E-state index is 0.0571. The van der Waals surface area contributed by atoms with Crippen LogP contribution in [-0.4, -0.2) is 182 Å². The Balaban J connectivity index is 3.58. The fraction of sp³-hybridized carbons (Fsp3) is 0.615. The van der Waals surface area contributed by atoms with Crippen LogP contribution in [0, 0.1) is 11.8 Å². The molecule has 0 aliphatic heterocycles. The number of aliphatic hydroxyl groups excluding tert-OH is 1. The Kier molecular flexibility index (Phi) is 33.0. The molecule has 0 saturated heterocycles. The average Bonchev–Trinajstić information content (AvgIpc) is 3.50. The summed E-state index contributed by atoms with van der Waals surface area (Å²) < 4.78 is 0. The van der Waals surface area contributed by atoms with Crippen molar-refractivity contribution in [1.82, 2.24) is 47.9 Å². The van der Waals surface area contributed by atoms with Crippen LogP contribution in [0.2, 0.25) is 0 Å². The van der Waals surface area contributed by atoms with Crippen molar-refractivity contribution in [3.05, 3.63) is 35.9 Å². The van der Waals surface area contributed by atoms with E-state index >= 15 is 0 Å². The number of carboxylic acids is 4. The summed E-state index contributed by atoms with van der Waals surface area (Å²) in [5.74, 6) is -17.5. The summed E-state index contributed by atoms with van der Waals surface area (Å²) in [5.41, 5.74) is 16.6. The summed E-state index contributed by atoms with van der Waals surface area (Å²) in [6.45, 7) is 6.89. The summed E-state index contributed by atoms with van der Waals surface area (Å²) in [6.07, 6.45) is -5.19. The maximum absolute atomic E-state index is 14.4. The Morgan fingerprint density at radius 1 is 0.494 bits per heavy atom. The molecule has 10 amide bonds. The van der Waals surface area contributed by atoms with Gasteiger partial charge in [-0.15, -0.1) is 0 Å². The van der Waals surface area contributed by atoms with Gasteiger partial charge in [0.1, 0.15) is 48.3 Å². The first-order chi connectivity index (χ1) is 38.9. The minimum atomic E-state index is -1.89. The lowest BCUT2D eigenvalue weighted by Gasteiger charge is -2.31. The van der Waals surface area contributed by atoms with Crippen molar-refractivity contribution in [3.8, 4) is 0 Å². The molecule has 31 nitrogen and oxygen atoms in total. The second-order valence-corrected chi connectivity index (χ2v) is 19.9. The summed E-state index contributed by atoms with van der Waals surface area (Å²) >= 11 is 0. The van der Waals surface area contributed by atoms with Crippen LogP contribution in [0.5, 0.6) is 0 Å². The number of benzene rings is 1. The molecule has 1 aromatic carbocycles. The van der Waals surface area contributed by atoms with Gasteiger partial charge in [0.2, 0.25) is 59.1 Å². The number of primary amides is 1. The highest BCUT2D eigenvalue weighted by molar-refractivity contribution is 5.99. The van der Waals surface area contributed by atoms with Crippen molar-refractivity contribution < 1.29 is 92.7 Å². The second-order valence-electron chi connectivity index (χ2n) is 19.9. The number of aliphatic hydroxyl groups is 1. The minimum Gasteiger partial charge on any atom is -0.481 e. The predicted molar refractivity (Wildman–Crippen MR) is 292 cm³/mol. The third kappa shape index (κ3) is 27.8. The zero-order valence-electron chi connectivity index (χ0n) is 47.1. The molecular weight excluding hydrogens is 1100 g/mol. The molecule has 1 rings (SSSR count). The lowest BCUT2D eigenvalue weighted by Crippen LogP contribution is -2.63. The number of hydrogen-bond donors (Lipinski definition) is 17.